The molecule has 10 rings (SSSR count). The SMILES string of the molecule is [2H]c1c([2H])c([2H])c2c(-c3ccc(-c4c5c([2H])c([2H])c([2H])c([2H])c5c(-c5ccc6c(ccc7cc(C(C)(C)C)ccc76)c5)c5c([2H])c([2H])c([2H])c([2H])c45)cc3)c(-c3ccccc3)oc2c1[2H]. The Morgan fingerprint density at radius 3 is 1.51 bits per heavy atom. The first-order valence-electron chi connectivity index (χ1n) is 23.5. The van der Waals surface area contributed by atoms with Gasteiger partial charge in [-0.3, -0.25) is 0 Å². The van der Waals surface area contributed by atoms with Gasteiger partial charge in [0.1, 0.15) is 11.3 Å². The summed E-state index contributed by atoms with van der Waals surface area (Å²) < 4.78 is 114. The molecule has 1 heteroatoms. The molecule has 1 aromatic heterocycles. The molecule has 0 saturated carbocycles. The minimum Gasteiger partial charge on any atom is -0.455 e. The summed E-state index contributed by atoms with van der Waals surface area (Å²) in [6, 6.07) is 27.2. The summed E-state index contributed by atoms with van der Waals surface area (Å²) >= 11 is 0. The van der Waals surface area contributed by atoms with Crippen molar-refractivity contribution in [2.75, 3.05) is 0 Å². The highest BCUT2D eigenvalue weighted by Gasteiger charge is 2.20. The van der Waals surface area contributed by atoms with Gasteiger partial charge in [0.05, 0.1) is 16.4 Å². The molecule has 252 valence electrons. The van der Waals surface area contributed by atoms with Crippen molar-refractivity contribution in [1.82, 2.24) is 0 Å². The maximum absolute atomic E-state index is 9.44. The van der Waals surface area contributed by atoms with E-state index in [0.717, 1.165) is 21.5 Å². The second kappa shape index (κ2) is 12.1. The van der Waals surface area contributed by atoms with Crippen molar-refractivity contribution in [3.05, 3.63) is 181 Å². The lowest BCUT2D eigenvalue weighted by atomic mass is 9.84. The van der Waals surface area contributed by atoms with E-state index in [-0.39, 0.29) is 85.3 Å². The van der Waals surface area contributed by atoms with Gasteiger partial charge in [0, 0.05) is 16.5 Å². The second-order valence-electron chi connectivity index (χ2n) is 14.4. The zero-order valence-corrected chi connectivity index (χ0v) is 29.2. The second-order valence-corrected chi connectivity index (χ2v) is 14.4. The average Bonchev–Trinajstić information content (AvgIpc) is 3.72. The van der Waals surface area contributed by atoms with Gasteiger partial charge in [0.15, 0.2) is 0 Å². The lowest BCUT2D eigenvalue weighted by Gasteiger charge is -2.20. The summed E-state index contributed by atoms with van der Waals surface area (Å²) in [7, 11) is 0. The fourth-order valence-corrected chi connectivity index (χ4v) is 7.59. The van der Waals surface area contributed by atoms with Crippen LogP contribution in [-0.4, -0.2) is 0 Å². The summed E-state index contributed by atoms with van der Waals surface area (Å²) in [5, 5.41) is 4.44. The Kier molecular flexibility index (Phi) is 4.82. The van der Waals surface area contributed by atoms with Crippen molar-refractivity contribution in [2.24, 2.45) is 0 Å². The first-order valence-corrected chi connectivity index (χ1v) is 17.5. The maximum Gasteiger partial charge on any atom is 0.143 e. The number of para-hydroxylation sites is 1. The molecule has 0 N–H and O–H groups in total. The van der Waals surface area contributed by atoms with E-state index in [1.807, 2.05) is 60.7 Å². The quantitative estimate of drug-likeness (QED) is 0.132. The van der Waals surface area contributed by atoms with E-state index in [1.54, 1.807) is 24.3 Å². The Morgan fingerprint density at radius 1 is 0.415 bits per heavy atom. The predicted molar refractivity (Wildman–Crippen MR) is 227 cm³/mol. The standard InChI is InChI=1S/C52H38O/c1-52(2,3)39-28-30-41-37(32-39)26-25-36-31-38(27-29-40(36)41)49-44-17-9-7-15-42(44)48(43-16-8-10-18-45(43)49)33-21-23-34(24-22-33)50-46-19-11-12-20-47(46)53-51(50)35-13-5-4-6-14-35/h4-32H,1-3H3/i7D,8D,9D,10D,11D,12D,15D,16D,17D,18D,19D,20D. The van der Waals surface area contributed by atoms with Gasteiger partial charge in [-0.15, -0.1) is 0 Å². The molecule has 53 heavy (non-hydrogen) atoms. The van der Waals surface area contributed by atoms with Crippen LogP contribution < -0.4 is 0 Å². The summed E-state index contributed by atoms with van der Waals surface area (Å²) in [6.45, 7) is 6.50. The minimum absolute atomic E-state index is 0.00921. The number of benzene rings is 9. The van der Waals surface area contributed by atoms with E-state index in [4.69, 9.17) is 15.4 Å². The highest BCUT2D eigenvalue weighted by molar-refractivity contribution is 6.22. The van der Waals surface area contributed by atoms with Crippen molar-refractivity contribution in [1.29, 1.82) is 0 Å². The van der Waals surface area contributed by atoms with Crippen LogP contribution in [0.1, 0.15) is 42.8 Å². The van der Waals surface area contributed by atoms with Crippen molar-refractivity contribution < 1.29 is 20.9 Å². The van der Waals surface area contributed by atoms with Gasteiger partial charge in [0.25, 0.3) is 0 Å². The van der Waals surface area contributed by atoms with Gasteiger partial charge in [-0.05, 0) is 94.0 Å². The van der Waals surface area contributed by atoms with E-state index >= 15 is 0 Å². The van der Waals surface area contributed by atoms with E-state index in [2.05, 4.69) is 39.0 Å². The fraction of sp³-hybridized carbons (Fsp3) is 0.0769. The Balaban J connectivity index is 1.28. The maximum atomic E-state index is 9.44. The van der Waals surface area contributed by atoms with Gasteiger partial charge < -0.3 is 4.42 Å². The van der Waals surface area contributed by atoms with E-state index in [9.17, 15) is 5.48 Å². The zero-order valence-electron chi connectivity index (χ0n) is 41.2. The smallest absolute Gasteiger partial charge is 0.143 e. The molecule has 0 spiro atoms. The van der Waals surface area contributed by atoms with Crippen LogP contribution in [0.25, 0.3) is 98.8 Å². The van der Waals surface area contributed by atoms with Gasteiger partial charge in [-0.2, -0.15) is 0 Å². The van der Waals surface area contributed by atoms with Crippen LogP contribution in [0, 0.1) is 0 Å². The Hall–Kier alpha value is -6.44. The molecular weight excluding hydrogens is 641 g/mol. The Bertz CT molecular complexity index is 3620. The molecular formula is C52H38O. The third kappa shape index (κ3) is 5.15. The van der Waals surface area contributed by atoms with Crippen LogP contribution in [0.3, 0.4) is 0 Å². The van der Waals surface area contributed by atoms with E-state index < -0.39 is 36.3 Å². The third-order valence-electron chi connectivity index (χ3n) is 10.2. The van der Waals surface area contributed by atoms with E-state index in [0.29, 0.717) is 33.6 Å². The Labute approximate surface area is 326 Å². The molecule has 1 heterocycles. The zero-order chi connectivity index (χ0) is 46.1. The first kappa shape index (κ1) is 21.2. The number of hydrogen-bond donors (Lipinski definition) is 0. The van der Waals surface area contributed by atoms with E-state index in [1.165, 1.54) is 5.56 Å². The average molecular weight is 691 g/mol. The predicted octanol–water partition coefficient (Wildman–Crippen LogP) is 15.0. The van der Waals surface area contributed by atoms with Gasteiger partial charge in [0.2, 0.25) is 0 Å². The highest BCUT2D eigenvalue weighted by Crippen LogP contribution is 2.46. The molecule has 0 radical (unpaired) electrons. The molecule has 0 aliphatic carbocycles. The summed E-state index contributed by atoms with van der Waals surface area (Å²) in [6.07, 6.45) is 0. The van der Waals surface area contributed by atoms with Crippen LogP contribution in [0.2, 0.25) is 0 Å². The topological polar surface area (TPSA) is 13.1 Å². The van der Waals surface area contributed by atoms with Crippen molar-refractivity contribution in [2.45, 2.75) is 26.2 Å². The van der Waals surface area contributed by atoms with Crippen LogP contribution >= 0.6 is 0 Å². The van der Waals surface area contributed by atoms with Crippen molar-refractivity contribution in [3.8, 4) is 44.7 Å². The van der Waals surface area contributed by atoms with Gasteiger partial charge in [-0.25, -0.2) is 0 Å². The first-order chi connectivity index (χ1) is 30.9. The number of fused-ring (bicyclic) bond motifs is 6. The van der Waals surface area contributed by atoms with Crippen molar-refractivity contribution >= 4 is 54.1 Å². The highest BCUT2D eigenvalue weighted by atomic mass is 16.3. The molecule has 0 bridgehead atoms. The van der Waals surface area contributed by atoms with Crippen molar-refractivity contribution in [3.63, 3.8) is 0 Å². The van der Waals surface area contributed by atoms with Crippen LogP contribution in [0.5, 0.6) is 0 Å². The van der Waals surface area contributed by atoms with Crippen LogP contribution in [0.4, 0.5) is 0 Å². The van der Waals surface area contributed by atoms with Crippen LogP contribution in [0.15, 0.2) is 180 Å². The largest absolute Gasteiger partial charge is 0.455 e. The summed E-state index contributed by atoms with van der Waals surface area (Å²) in [5.41, 5.74) is 4.05. The summed E-state index contributed by atoms with van der Waals surface area (Å²) in [4.78, 5) is 0. The van der Waals surface area contributed by atoms with Crippen LogP contribution in [-0.2, 0) is 5.41 Å². The molecule has 0 saturated heterocycles. The number of furan rings is 1. The molecule has 0 atom stereocenters. The molecule has 9 aromatic carbocycles. The van der Waals surface area contributed by atoms with Gasteiger partial charge in [-0.1, -0.05) is 184 Å². The molecule has 0 aliphatic rings. The minimum atomic E-state index is -0.502. The number of hydrogen-bond acceptors (Lipinski definition) is 1. The van der Waals surface area contributed by atoms with Gasteiger partial charge >= 0.3 is 0 Å². The monoisotopic (exact) mass is 690 g/mol. The third-order valence-corrected chi connectivity index (χ3v) is 10.2. The molecule has 0 amide bonds. The molecule has 0 fully saturated rings. The Morgan fingerprint density at radius 2 is 0.906 bits per heavy atom. The molecule has 0 aliphatic heterocycles. The molecule has 1 nitrogen and oxygen atoms in total. The lowest BCUT2D eigenvalue weighted by molar-refractivity contribution is 0.591. The molecule has 10 aromatic rings. The normalized spacial score (nSPS) is 15.2. The molecule has 0 unspecified atom stereocenters. The fourth-order valence-electron chi connectivity index (χ4n) is 7.59. The lowest BCUT2D eigenvalue weighted by Crippen LogP contribution is -2.10. The number of rotatable bonds is 4. The summed E-state index contributed by atoms with van der Waals surface area (Å²) in [5.74, 6) is 0.321.